The van der Waals surface area contributed by atoms with Crippen LogP contribution in [0.1, 0.15) is 5.69 Å². The molecule has 2 nitrogen and oxygen atoms in total. The van der Waals surface area contributed by atoms with Gasteiger partial charge in [0, 0.05) is 7.05 Å². The zero-order valence-electron chi connectivity index (χ0n) is 4.93. The number of nitrogens with zero attached hydrogens (tertiary/aromatic N) is 2. The molecule has 0 atom stereocenters. The van der Waals surface area contributed by atoms with E-state index in [1.165, 1.54) is 0 Å². The van der Waals surface area contributed by atoms with E-state index >= 15 is 0 Å². The molecule has 0 saturated heterocycles. The SMILES string of the molecule is Cn1nc(Br)cc1CCl. The molecule has 1 heterocycles. The number of halogens is 2. The van der Waals surface area contributed by atoms with Gasteiger partial charge in [-0.15, -0.1) is 11.6 Å². The molecule has 0 aliphatic carbocycles. The molecule has 0 spiro atoms. The summed E-state index contributed by atoms with van der Waals surface area (Å²) < 4.78 is 2.58. The molecule has 1 aromatic heterocycles. The highest BCUT2D eigenvalue weighted by Crippen LogP contribution is 2.10. The lowest BCUT2D eigenvalue weighted by Gasteiger charge is -1.91. The van der Waals surface area contributed by atoms with E-state index in [0.717, 1.165) is 10.3 Å². The molecule has 0 aromatic carbocycles. The van der Waals surface area contributed by atoms with Crippen LogP contribution in [0.15, 0.2) is 10.7 Å². The van der Waals surface area contributed by atoms with Gasteiger partial charge in [0.05, 0.1) is 11.6 Å². The van der Waals surface area contributed by atoms with Gasteiger partial charge in [0.2, 0.25) is 0 Å². The van der Waals surface area contributed by atoms with Crippen LogP contribution in [0.4, 0.5) is 0 Å². The third-order valence-electron chi connectivity index (χ3n) is 1.08. The van der Waals surface area contributed by atoms with Crippen molar-refractivity contribution in [2.75, 3.05) is 0 Å². The number of aryl methyl sites for hydroxylation is 1. The van der Waals surface area contributed by atoms with Crippen LogP contribution in [0.3, 0.4) is 0 Å². The van der Waals surface area contributed by atoms with Gasteiger partial charge < -0.3 is 0 Å². The van der Waals surface area contributed by atoms with E-state index in [9.17, 15) is 0 Å². The maximum Gasteiger partial charge on any atom is 0.128 e. The summed E-state index contributed by atoms with van der Waals surface area (Å²) in [7, 11) is 1.86. The lowest BCUT2D eigenvalue weighted by atomic mass is 10.5. The van der Waals surface area contributed by atoms with Crippen molar-refractivity contribution in [3.8, 4) is 0 Å². The molecule has 0 fully saturated rings. The van der Waals surface area contributed by atoms with Crippen molar-refractivity contribution in [2.45, 2.75) is 5.88 Å². The van der Waals surface area contributed by atoms with Crippen LogP contribution in [-0.4, -0.2) is 9.78 Å². The molecule has 0 aliphatic rings. The van der Waals surface area contributed by atoms with Crippen LogP contribution >= 0.6 is 27.5 Å². The van der Waals surface area contributed by atoms with Crippen molar-refractivity contribution in [2.24, 2.45) is 7.05 Å². The third-order valence-corrected chi connectivity index (χ3v) is 1.75. The highest BCUT2D eigenvalue weighted by molar-refractivity contribution is 9.10. The van der Waals surface area contributed by atoms with Crippen LogP contribution in [-0.2, 0) is 12.9 Å². The Hall–Kier alpha value is -0.0200. The van der Waals surface area contributed by atoms with Crippen LogP contribution in [0.5, 0.6) is 0 Å². The fourth-order valence-corrected chi connectivity index (χ4v) is 1.34. The summed E-state index contributed by atoms with van der Waals surface area (Å²) >= 11 is 8.80. The molecule has 0 amide bonds. The third kappa shape index (κ3) is 1.46. The Morgan fingerprint density at radius 3 is 2.78 bits per heavy atom. The fraction of sp³-hybridized carbons (Fsp3) is 0.400. The molecular formula is C5H6BrClN2. The molecule has 50 valence electrons. The Morgan fingerprint density at radius 1 is 1.89 bits per heavy atom. The average Bonchev–Trinajstić information content (AvgIpc) is 2.10. The van der Waals surface area contributed by atoms with E-state index in [1.54, 1.807) is 4.68 Å². The van der Waals surface area contributed by atoms with E-state index in [0.29, 0.717) is 5.88 Å². The largest absolute Gasteiger partial charge is 0.270 e. The molecule has 4 heteroatoms. The van der Waals surface area contributed by atoms with Crippen LogP contribution in [0.2, 0.25) is 0 Å². The monoisotopic (exact) mass is 208 g/mol. The zero-order chi connectivity index (χ0) is 6.85. The van der Waals surface area contributed by atoms with Gasteiger partial charge in [-0.3, -0.25) is 4.68 Å². The summed E-state index contributed by atoms with van der Waals surface area (Å²) in [5.74, 6) is 0.509. The minimum Gasteiger partial charge on any atom is -0.270 e. The molecule has 0 unspecified atom stereocenters. The summed E-state index contributed by atoms with van der Waals surface area (Å²) in [5, 5.41) is 4.03. The Kier molecular flexibility index (Phi) is 2.13. The first-order valence-corrected chi connectivity index (χ1v) is 3.81. The van der Waals surface area contributed by atoms with Gasteiger partial charge in [-0.1, -0.05) is 0 Å². The lowest BCUT2D eigenvalue weighted by molar-refractivity contribution is 0.729. The lowest BCUT2D eigenvalue weighted by Crippen LogP contribution is -1.94. The Labute approximate surface area is 66.9 Å². The summed E-state index contributed by atoms with van der Waals surface area (Å²) in [6, 6.07) is 1.90. The predicted octanol–water partition coefficient (Wildman–Crippen LogP) is 1.92. The molecule has 1 rings (SSSR count). The average molecular weight is 209 g/mol. The van der Waals surface area contributed by atoms with Gasteiger partial charge in [0.1, 0.15) is 4.60 Å². The maximum absolute atomic E-state index is 5.56. The van der Waals surface area contributed by atoms with Crippen LogP contribution in [0, 0.1) is 0 Å². The van der Waals surface area contributed by atoms with Crippen molar-refractivity contribution in [3.05, 3.63) is 16.4 Å². The van der Waals surface area contributed by atoms with Crippen LogP contribution < -0.4 is 0 Å². The maximum atomic E-state index is 5.56. The van der Waals surface area contributed by atoms with E-state index in [-0.39, 0.29) is 0 Å². The Morgan fingerprint density at radius 2 is 2.56 bits per heavy atom. The number of hydrogen-bond donors (Lipinski definition) is 0. The highest BCUT2D eigenvalue weighted by atomic mass is 79.9. The molecule has 0 saturated carbocycles. The smallest absolute Gasteiger partial charge is 0.128 e. The second-order valence-corrected chi connectivity index (χ2v) is 2.80. The van der Waals surface area contributed by atoms with E-state index in [4.69, 9.17) is 11.6 Å². The van der Waals surface area contributed by atoms with Crippen molar-refractivity contribution in [1.82, 2.24) is 9.78 Å². The Bertz CT molecular complexity index is 209. The van der Waals surface area contributed by atoms with Gasteiger partial charge in [0.25, 0.3) is 0 Å². The summed E-state index contributed by atoms with van der Waals surface area (Å²) in [6.07, 6.45) is 0. The van der Waals surface area contributed by atoms with Crippen molar-refractivity contribution < 1.29 is 0 Å². The predicted molar refractivity (Wildman–Crippen MR) is 40.5 cm³/mol. The number of alkyl halides is 1. The van der Waals surface area contributed by atoms with Crippen molar-refractivity contribution in [1.29, 1.82) is 0 Å². The standard InChI is InChI=1S/C5H6BrClN2/c1-9-4(3-7)2-5(6)8-9/h2H,3H2,1H3. The number of aromatic nitrogens is 2. The molecular weight excluding hydrogens is 203 g/mol. The Balaban J connectivity index is 3.01. The fourth-order valence-electron chi connectivity index (χ4n) is 0.592. The van der Waals surface area contributed by atoms with Gasteiger partial charge in [0.15, 0.2) is 0 Å². The minimum atomic E-state index is 0.509. The molecule has 0 N–H and O–H groups in total. The highest BCUT2D eigenvalue weighted by Gasteiger charge is 1.98. The molecule has 0 bridgehead atoms. The molecule has 1 aromatic rings. The first kappa shape index (κ1) is 7.09. The second-order valence-electron chi connectivity index (χ2n) is 1.72. The first-order chi connectivity index (χ1) is 4.24. The first-order valence-electron chi connectivity index (χ1n) is 2.48. The van der Waals surface area contributed by atoms with E-state index in [2.05, 4.69) is 21.0 Å². The minimum absolute atomic E-state index is 0.509. The molecule has 9 heavy (non-hydrogen) atoms. The topological polar surface area (TPSA) is 17.8 Å². The second kappa shape index (κ2) is 2.71. The molecule has 0 radical (unpaired) electrons. The van der Waals surface area contributed by atoms with Gasteiger partial charge in [-0.2, -0.15) is 5.10 Å². The normalized spacial score (nSPS) is 10.1. The molecule has 0 aliphatic heterocycles. The van der Waals surface area contributed by atoms with Crippen molar-refractivity contribution >= 4 is 27.5 Å². The van der Waals surface area contributed by atoms with Gasteiger partial charge in [-0.25, -0.2) is 0 Å². The quantitative estimate of drug-likeness (QED) is 0.646. The summed E-state index contributed by atoms with van der Waals surface area (Å²) in [5.41, 5.74) is 1.02. The summed E-state index contributed by atoms with van der Waals surface area (Å²) in [4.78, 5) is 0. The van der Waals surface area contributed by atoms with Gasteiger partial charge >= 0.3 is 0 Å². The van der Waals surface area contributed by atoms with E-state index in [1.807, 2.05) is 13.1 Å². The van der Waals surface area contributed by atoms with Crippen molar-refractivity contribution in [3.63, 3.8) is 0 Å². The van der Waals surface area contributed by atoms with Gasteiger partial charge in [-0.05, 0) is 22.0 Å². The van der Waals surface area contributed by atoms with Crippen LogP contribution in [0.25, 0.3) is 0 Å². The number of rotatable bonds is 1. The van der Waals surface area contributed by atoms with E-state index < -0.39 is 0 Å². The zero-order valence-corrected chi connectivity index (χ0v) is 7.28. The number of hydrogen-bond acceptors (Lipinski definition) is 1. The summed E-state index contributed by atoms with van der Waals surface area (Å²) in [6.45, 7) is 0.